The maximum Gasteiger partial charge on any atom is 0.261 e. The summed E-state index contributed by atoms with van der Waals surface area (Å²) in [6.07, 6.45) is 6.46. The smallest absolute Gasteiger partial charge is 0.261 e. The Hall–Kier alpha value is -3.74. The van der Waals surface area contributed by atoms with Crippen molar-refractivity contribution in [2.24, 2.45) is 0 Å². The minimum atomic E-state index is -0.287. The van der Waals surface area contributed by atoms with Gasteiger partial charge < -0.3 is 10.1 Å². The number of ether oxygens (including phenoxy) is 1. The van der Waals surface area contributed by atoms with Crippen molar-refractivity contribution >= 4 is 22.5 Å². The number of imidazole rings is 1. The first-order chi connectivity index (χ1) is 13.3. The second-order valence-electron chi connectivity index (χ2n) is 5.78. The quantitative estimate of drug-likeness (QED) is 0.590. The zero-order valence-corrected chi connectivity index (χ0v) is 14.7. The number of nitrogens with zero attached hydrogens (tertiary/aromatic N) is 4. The van der Waals surface area contributed by atoms with Gasteiger partial charge in [-0.2, -0.15) is 0 Å². The summed E-state index contributed by atoms with van der Waals surface area (Å²) in [6.45, 7) is 2.36. The Balaban J connectivity index is 1.71. The molecule has 0 bridgehead atoms. The first kappa shape index (κ1) is 16.7. The third kappa shape index (κ3) is 3.35. The van der Waals surface area contributed by atoms with Gasteiger partial charge in [-0.25, -0.2) is 15.0 Å². The van der Waals surface area contributed by atoms with E-state index < -0.39 is 0 Å². The second-order valence-corrected chi connectivity index (χ2v) is 5.78. The fourth-order valence-electron chi connectivity index (χ4n) is 2.89. The number of amides is 1. The third-order valence-corrected chi connectivity index (χ3v) is 4.08. The molecule has 2 aromatic heterocycles. The van der Waals surface area contributed by atoms with Crippen LogP contribution in [0.25, 0.3) is 16.6 Å². The minimum absolute atomic E-state index is 0.287. The average Bonchev–Trinajstić information content (AvgIpc) is 3.23. The van der Waals surface area contributed by atoms with Crippen LogP contribution in [0, 0.1) is 0 Å². The van der Waals surface area contributed by atoms with Crippen molar-refractivity contribution < 1.29 is 9.53 Å². The lowest BCUT2D eigenvalue weighted by atomic mass is 10.0. The number of fused-ring (bicyclic) bond motifs is 1. The Morgan fingerprint density at radius 2 is 2.07 bits per heavy atom. The number of nitrogens with one attached hydrogen (secondary N) is 1. The monoisotopic (exact) mass is 359 g/mol. The Labute approximate surface area is 155 Å². The molecule has 0 spiro atoms. The molecule has 0 fully saturated rings. The van der Waals surface area contributed by atoms with E-state index in [0.717, 1.165) is 10.8 Å². The molecule has 134 valence electrons. The molecule has 0 unspecified atom stereocenters. The molecule has 1 N–H and O–H groups in total. The van der Waals surface area contributed by atoms with Crippen molar-refractivity contribution in [3.05, 3.63) is 73.1 Å². The number of rotatable bonds is 5. The molecule has 0 aliphatic rings. The van der Waals surface area contributed by atoms with Crippen LogP contribution >= 0.6 is 0 Å². The second kappa shape index (κ2) is 7.25. The lowest BCUT2D eigenvalue weighted by molar-refractivity contribution is 0.102. The Bertz CT molecular complexity index is 1090. The summed E-state index contributed by atoms with van der Waals surface area (Å²) in [4.78, 5) is 25.4. The van der Waals surface area contributed by atoms with Crippen molar-refractivity contribution in [3.63, 3.8) is 0 Å². The van der Waals surface area contributed by atoms with Gasteiger partial charge in [0.2, 0.25) is 0 Å². The van der Waals surface area contributed by atoms with Gasteiger partial charge in [0, 0.05) is 18.5 Å². The highest BCUT2D eigenvalue weighted by molar-refractivity contribution is 6.14. The Kier molecular flexibility index (Phi) is 4.49. The summed E-state index contributed by atoms with van der Waals surface area (Å²) in [5, 5.41) is 4.64. The number of benzene rings is 2. The molecule has 0 saturated heterocycles. The van der Waals surface area contributed by atoms with E-state index in [2.05, 4.69) is 20.3 Å². The third-order valence-electron chi connectivity index (χ3n) is 4.08. The van der Waals surface area contributed by atoms with E-state index in [1.807, 2.05) is 43.3 Å². The lowest BCUT2D eigenvalue weighted by Gasteiger charge is -2.13. The Morgan fingerprint density at radius 1 is 1.19 bits per heavy atom. The van der Waals surface area contributed by atoms with Gasteiger partial charge in [-0.3, -0.25) is 9.36 Å². The van der Waals surface area contributed by atoms with Gasteiger partial charge in [0.15, 0.2) is 0 Å². The van der Waals surface area contributed by atoms with Crippen molar-refractivity contribution in [1.82, 2.24) is 19.5 Å². The van der Waals surface area contributed by atoms with Crippen LogP contribution in [0.1, 0.15) is 17.3 Å². The highest BCUT2D eigenvalue weighted by atomic mass is 16.5. The van der Waals surface area contributed by atoms with Crippen LogP contribution in [0.5, 0.6) is 5.75 Å². The van der Waals surface area contributed by atoms with Crippen LogP contribution in [0.2, 0.25) is 0 Å². The predicted molar refractivity (Wildman–Crippen MR) is 102 cm³/mol. The molecule has 0 atom stereocenters. The number of hydrogen-bond acceptors (Lipinski definition) is 5. The molecule has 0 aliphatic carbocycles. The van der Waals surface area contributed by atoms with Gasteiger partial charge in [-0.1, -0.05) is 30.3 Å². The summed E-state index contributed by atoms with van der Waals surface area (Å²) in [5.41, 5.74) is 0.484. The maximum atomic E-state index is 13.1. The van der Waals surface area contributed by atoms with E-state index in [4.69, 9.17) is 4.74 Å². The summed E-state index contributed by atoms with van der Waals surface area (Å²) in [6, 6.07) is 13.2. The molecular formula is C20H17N5O2. The molecule has 2 heterocycles. The van der Waals surface area contributed by atoms with Gasteiger partial charge in [0.1, 0.15) is 30.0 Å². The van der Waals surface area contributed by atoms with Crippen molar-refractivity contribution in [2.45, 2.75) is 6.92 Å². The van der Waals surface area contributed by atoms with Gasteiger partial charge >= 0.3 is 0 Å². The summed E-state index contributed by atoms with van der Waals surface area (Å²) in [7, 11) is 0. The average molecular weight is 359 g/mol. The predicted octanol–water partition coefficient (Wildman–Crippen LogP) is 3.47. The molecule has 2 aromatic carbocycles. The number of aromatic nitrogens is 4. The van der Waals surface area contributed by atoms with E-state index in [1.165, 1.54) is 6.33 Å². The van der Waals surface area contributed by atoms with Gasteiger partial charge in [-0.15, -0.1) is 0 Å². The van der Waals surface area contributed by atoms with Crippen LogP contribution < -0.4 is 10.1 Å². The van der Waals surface area contributed by atoms with Crippen molar-refractivity contribution in [1.29, 1.82) is 0 Å². The zero-order valence-electron chi connectivity index (χ0n) is 14.7. The van der Waals surface area contributed by atoms with Crippen LogP contribution in [0.15, 0.2) is 67.5 Å². The minimum Gasteiger partial charge on any atom is -0.493 e. The van der Waals surface area contributed by atoms with E-state index in [0.29, 0.717) is 29.6 Å². The number of hydrogen-bond donors (Lipinski definition) is 1. The summed E-state index contributed by atoms with van der Waals surface area (Å²) in [5.74, 6) is 1.26. The van der Waals surface area contributed by atoms with Gasteiger partial charge in [-0.05, 0) is 23.8 Å². The molecule has 27 heavy (non-hydrogen) atoms. The SMILES string of the molecule is CCOc1ccc2ccccc2c1C(=O)Nc1cc(-n2ccnc2)ncn1. The molecule has 0 aliphatic heterocycles. The van der Waals surface area contributed by atoms with E-state index in [-0.39, 0.29) is 5.91 Å². The normalized spacial score (nSPS) is 10.7. The first-order valence-electron chi connectivity index (χ1n) is 8.52. The number of carbonyl (C=O) groups is 1. The number of carbonyl (C=O) groups excluding carboxylic acids is 1. The molecule has 4 rings (SSSR count). The van der Waals surface area contributed by atoms with E-state index in [9.17, 15) is 4.79 Å². The van der Waals surface area contributed by atoms with Crippen LogP contribution in [-0.4, -0.2) is 32.0 Å². The Morgan fingerprint density at radius 3 is 2.89 bits per heavy atom. The van der Waals surface area contributed by atoms with Gasteiger partial charge in [0.05, 0.1) is 12.2 Å². The lowest BCUT2D eigenvalue weighted by Crippen LogP contribution is -2.15. The molecule has 0 radical (unpaired) electrons. The highest BCUT2D eigenvalue weighted by Crippen LogP contribution is 2.29. The zero-order chi connectivity index (χ0) is 18.6. The fourth-order valence-corrected chi connectivity index (χ4v) is 2.89. The topological polar surface area (TPSA) is 81.9 Å². The van der Waals surface area contributed by atoms with Crippen molar-refractivity contribution in [3.8, 4) is 11.6 Å². The number of anilines is 1. The highest BCUT2D eigenvalue weighted by Gasteiger charge is 2.17. The molecule has 0 saturated carbocycles. The maximum absolute atomic E-state index is 13.1. The van der Waals surface area contributed by atoms with Crippen LogP contribution in [0.4, 0.5) is 5.82 Å². The molecule has 1 amide bonds. The molecule has 4 aromatic rings. The van der Waals surface area contributed by atoms with Crippen LogP contribution in [-0.2, 0) is 0 Å². The molecule has 7 nitrogen and oxygen atoms in total. The van der Waals surface area contributed by atoms with Crippen molar-refractivity contribution in [2.75, 3.05) is 11.9 Å². The standard InChI is InChI=1S/C20H17N5O2/c1-2-27-16-8-7-14-5-3-4-6-15(14)19(16)20(26)24-17-11-18(23-12-22-17)25-10-9-21-13-25/h3-13H,2H2,1H3,(H,22,23,24,26). The molecular weight excluding hydrogens is 342 g/mol. The largest absolute Gasteiger partial charge is 0.493 e. The first-order valence-corrected chi connectivity index (χ1v) is 8.52. The van der Waals surface area contributed by atoms with E-state index >= 15 is 0 Å². The molecule has 7 heteroatoms. The van der Waals surface area contributed by atoms with Crippen LogP contribution in [0.3, 0.4) is 0 Å². The summed E-state index contributed by atoms with van der Waals surface area (Å²) >= 11 is 0. The van der Waals surface area contributed by atoms with Gasteiger partial charge in [0.25, 0.3) is 5.91 Å². The summed E-state index contributed by atoms with van der Waals surface area (Å²) < 4.78 is 7.42. The fraction of sp³-hybridized carbons (Fsp3) is 0.100. The van der Waals surface area contributed by atoms with E-state index in [1.54, 1.807) is 29.4 Å².